The van der Waals surface area contributed by atoms with Gasteiger partial charge in [0.2, 0.25) is 0 Å². The molecular weight excluding hydrogens is 260 g/mol. The zero-order chi connectivity index (χ0) is 13.4. The molecule has 0 saturated heterocycles. The number of fused-ring (bicyclic) bond motifs is 1. The van der Waals surface area contributed by atoms with Crippen molar-refractivity contribution < 1.29 is 9.53 Å². The maximum atomic E-state index is 12.2. The van der Waals surface area contributed by atoms with E-state index in [0.717, 1.165) is 11.1 Å². The molecule has 0 aromatic heterocycles. The van der Waals surface area contributed by atoms with Gasteiger partial charge in [0, 0.05) is 5.02 Å². The van der Waals surface area contributed by atoms with Gasteiger partial charge in [0.1, 0.15) is 11.9 Å². The summed E-state index contributed by atoms with van der Waals surface area (Å²) in [6.07, 6.45) is 0.151. The van der Waals surface area contributed by atoms with E-state index in [1.807, 2.05) is 43.3 Å². The lowest BCUT2D eigenvalue weighted by atomic mass is 9.95. The number of hydrogen-bond acceptors (Lipinski definition) is 2. The Morgan fingerprint density at radius 3 is 2.68 bits per heavy atom. The molecule has 0 saturated carbocycles. The van der Waals surface area contributed by atoms with Crippen molar-refractivity contribution in [1.82, 2.24) is 0 Å². The van der Waals surface area contributed by atoms with Gasteiger partial charge in [-0.05, 0) is 30.2 Å². The molecule has 1 aliphatic heterocycles. The highest BCUT2D eigenvalue weighted by atomic mass is 35.5. The van der Waals surface area contributed by atoms with Crippen molar-refractivity contribution >= 4 is 17.4 Å². The third-order valence-electron chi connectivity index (χ3n) is 3.37. The predicted octanol–water partition coefficient (Wildman–Crippen LogP) is 4.35. The Hall–Kier alpha value is -1.80. The average molecular weight is 273 g/mol. The first-order chi connectivity index (χ1) is 9.15. The second-order valence-corrected chi connectivity index (χ2v) is 5.15. The van der Waals surface area contributed by atoms with Crippen LogP contribution in [-0.4, -0.2) is 5.78 Å². The fraction of sp³-hybridized carbons (Fsp3) is 0.188. The van der Waals surface area contributed by atoms with Crippen LogP contribution in [0, 0.1) is 6.92 Å². The Labute approximate surface area is 117 Å². The maximum absolute atomic E-state index is 12.2. The molecule has 0 radical (unpaired) electrons. The molecule has 0 fully saturated rings. The summed E-state index contributed by atoms with van der Waals surface area (Å²) >= 11 is 6.06. The van der Waals surface area contributed by atoms with Gasteiger partial charge in [-0.1, -0.05) is 41.9 Å². The lowest BCUT2D eigenvalue weighted by Crippen LogP contribution is -2.20. The standard InChI is InChI=1S/C16H13ClO2/c1-10-7-16-12(8-13(10)17)14(18)9-15(19-16)11-5-3-2-4-6-11/h2-8,15H,9H2,1H3/t15-/m0/s1. The summed E-state index contributed by atoms with van der Waals surface area (Å²) < 4.78 is 5.94. The normalized spacial score (nSPS) is 17.8. The van der Waals surface area contributed by atoms with Crippen LogP contribution in [-0.2, 0) is 0 Å². The van der Waals surface area contributed by atoms with Gasteiger partial charge in [-0.2, -0.15) is 0 Å². The van der Waals surface area contributed by atoms with Gasteiger partial charge in [-0.25, -0.2) is 0 Å². The summed E-state index contributed by atoms with van der Waals surface area (Å²) in [6, 6.07) is 13.3. The van der Waals surface area contributed by atoms with Crippen LogP contribution in [0.1, 0.15) is 34.0 Å². The highest BCUT2D eigenvalue weighted by Gasteiger charge is 2.28. The van der Waals surface area contributed by atoms with E-state index in [1.54, 1.807) is 6.07 Å². The fourth-order valence-corrected chi connectivity index (χ4v) is 2.46. The molecule has 96 valence electrons. The SMILES string of the molecule is Cc1cc2c(cc1Cl)C(=O)C[C@@H](c1ccccc1)O2. The van der Waals surface area contributed by atoms with Gasteiger partial charge in [0.05, 0.1) is 12.0 Å². The molecule has 0 amide bonds. The molecular formula is C16H13ClO2. The van der Waals surface area contributed by atoms with Gasteiger partial charge in [0.25, 0.3) is 0 Å². The predicted molar refractivity (Wildman–Crippen MR) is 74.9 cm³/mol. The van der Waals surface area contributed by atoms with E-state index >= 15 is 0 Å². The Balaban J connectivity index is 2.00. The molecule has 19 heavy (non-hydrogen) atoms. The van der Waals surface area contributed by atoms with Gasteiger partial charge in [-0.15, -0.1) is 0 Å². The monoisotopic (exact) mass is 272 g/mol. The number of ether oxygens (including phenoxy) is 1. The molecule has 3 heteroatoms. The number of Topliss-reactive ketones (excluding diaryl/α,β-unsaturated/α-hetero) is 1. The Bertz CT molecular complexity index is 635. The molecule has 0 unspecified atom stereocenters. The molecule has 0 bridgehead atoms. The molecule has 1 atom stereocenters. The van der Waals surface area contributed by atoms with E-state index in [1.165, 1.54) is 0 Å². The smallest absolute Gasteiger partial charge is 0.170 e. The number of carbonyl (C=O) groups is 1. The van der Waals surface area contributed by atoms with Crippen molar-refractivity contribution in [2.24, 2.45) is 0 Å². The topological polar surface area (TPSA) is 26.3 Å². The van der Waals surface area contributed by atoms with Crippen molar-refractivity contribution in [3.63, 3.8) is 0 Å². The van der Waals surface area contributed by atoms with Crippen molar-refractivity contribution in [1.29, 1.82) is 0 Å². The van der Waals surface area contributed by atoms with Crippen LogP contribution in [0.2, 0.25) is 5.02 Å². The van der Waals surface area contributed by atoms with Gasteiger partial charge < -0.3 is 4.74 Å². The zero-order valence-corrected chi connectivity index (χ0v) is 11.3. The molecule has 1 aliphatic rings. The third kappa shape index (κ3) is 2.24. The van der Waals surface area contributed by atoms with Crippen LogP contribution in [0.5, 0.6) is 5.75 Å². The van der Waals surface area contributed by atoms with Crippen molar-refractivity contribution in [3.05, 3.63) is 64.2 Å². The molecule has 2 nitrogen and oxygen atoms in total. The van der Waals surface area contributed by atoms with E-state index in [2.05, 4.69) is 0 Å². The number of carbonyl (C=O) groups excluding carboxylic acids is 1. The zero-order valence-electron chi connectivity index (χ0n) is 10.5. The lowest BCUT2D eigenvalue weighted by Gasteiger charge is -2.26. The minimum absolute atomic E-state index is 0.0806. The summed E-state index contributed by atoms with van der Waals surface area (Å²) in [4.78, 5) is 12.2. The number of hydrogen-bond donors (Lipinski definition) is 0. The Kier molecular flexibility index (Phi) is 3.03. The highest BCUT2D eigenvalue weighted by Crippen LogP contribution is 2.37. The largest absolute Gasteiger partial charge is 0.484 e. The van der Waals surface area contributed by atoms with Crippen molar-refractivity contribution in [2.75, 3.05) is 0 Å². The molecule has 0 aliphatic carbocycles. The third-order valence-corrected chi connectivity index (χ3v) is 3.78. The quantitative estimate of drug-likeness (QED) is 0.771. The van der Waals surface area contributed by atoms with Crippen molar-refractivity contribution in [2.45, 2.75) is 19.4 Å². The van der Waals surface area contributed by atoms with E-state index in [0.29, 0.717) is 22.8 Å². The van der Waals surface area contributed by atoms with Gasteiger partial charge in [0.15, 0.2) is 5.78 Å². The molecule has 2 aromatic carbocycles. The number of rotatable bonds is 1. The van der Waals surface area contributed by atoms with Crippen LogP contribution < -0.4 is 4.74 Å². The van der Waals surface area contributed by atoms with Crippen LogP contribution in [0.15, 0.2) is 42.5 Å². The lowest BCUT2D eigenvalue weighted by molar-refractivity contribution is 0.0850. The molecule has 2 aromatic rings. The summed E-state index contributed by atoms with van der Waals surface area (Å²) in [5, 5.41) is 0.605. The number of ketones is 1. The van der Waals surface area contributed by atoms with E-state index in [4.69, 9.17) is 16.3 Å². The summed E-state index contributed by atoms with van der Waals surface area (Å²) in [5.74, 6) is 0.712. The van der Waals surface area contributed by atoms with E-state index in [9.17, 15) is 4.79 Å². The Morgan fingerprint density at radius 2 is 1.95 bits per heavy atom. The van der Waals surface area contributed by atoms with Gasteiger partial charge in [-0.3, -0.25) is 4.79 Å². The first-order valence-electron chi connectivity index (χ1n) is 6.20. The number of aryl methyl sites for hydroxylation is 1. The second kappa shape index (κ2) is 4.71. The molecule has 0 spiro atoms. The first kappa shape index (κ1) is 12.2. The van der Waals surface area contributed by atoms with E-state index < -0.39 is 0 Å². The summed E-state index contributed by atoms with van der Waals surface area (Å²) in [7, 11) is 0. The van der Waals surface area contributed by atoms with E-state index in [-0.39, 0.29) is 11.9 Å². The minimum Gasteiger partial charge on any atom is -0.484 e. The van der Waals surface area contributed by atoms with Crippen LogP contribution in [0.4, 0.5) is 0 Å². The Morgan fingerprint density at radius 1 is 1.21 bits per heavy atom. The number of halogens is 1. The van der Waals surface area contributed by atoms with Crippen LogP contribution in [0.3, 0.4) is 0 Å². The summed E-state index contributed by atoms with van der Waals surface area (Å²) in [6.45, 7) is 1.91. The minimum atomic E-state index is -0.207. The van der Waals surface area contributed by atoms with Crippen LogP contribution >= 0.6 is 11.6 Å². The maximum Gasteiger partial charge on any atom is 0.170 e. The highest BCUT2D eigenvalue weighted by molar-refractivity contribution is 6.31. The van der Waals surface area contributed by atoms with Crippen molar-refractivity contribution in [3.8, 4) is 5.75 Å². The van der Waals surface area contributed by atoms with Gasteiger partial charge >= 0.3 is 0 Å². The molecule has 1 heterocycles. The second-order valence-electron chi connectivity index (χ2n) is 4.74. The summed E-state index contributed by atoms with van der Waals surface area (Å²) in [5.41, 5.74) is 2.53. The van der Waals surface area contributed by atoms with Crippen LogP contribution in [0.25, 0.3) is 0 Å². The average Bonchev–Trinajstić information content (AvgIpc) is 2.42. The first-order valence-corrected chi connectivity index (χ1v) is 6.58. The number of benzene rings is 2. The molecule has 3 rings (SSSR count). The molecule has 0 N–H and O–H groups in total. The fourth-order valence-electron chi connectivity index (χ4n) is 2.30.